The van der Waals surface area contributed by atoms with Gasteiger partial charge in [0.1, 0.15) is 5.82 Å². The summed E-state index contributed by atoms with van der Waals surface area (Å²) in [5.74, 6) is -0.407. The Hall–Kier alpha value is -3.91. The fourth-order valence-corrected chi connectivity index (χ4v) is 4.51. The summed E-state index contributed by atoms with van der Waals surface area (Å²) in [6, 6.07) is 19.3. The molecule has 0 spiro atoms. The van der Waals surface area contributed by atoms with Crippen molar-refractivity contribution in [2.75, 3.05) is 19.0 Å². The van der Waals surface area contributed by atoms with E-state index in [-0.39, 0.29) is 11.1 Å². The number of halogens is 4. The highest BCUT2D eigenvalue weighted by Crippen LogP contribution is 2.48. The summed E-state index contributed by atoms with van der Waals surface area (Å²) in [7, 11) is 3.62. The maximum Gasteiger partial charge on any atom is 0.425 e. The summed E-state index contributed by atoms with van der Waals surface area (Å²) in [5.41, 5.74) is -2.01. The highest BCUT2D eigenvalue weighted by atomic mass is 19.4. The topological polar surface area (TPSA) is 41.3 Å². The van der Waals surface area contributed by atoms with Gasteiger partial charge in [0.2, 0.25) is 5.60 Å². The number of aliphatic hydroxyl groups is 1. The number of benzene rings is 4. The molecule has 1 heterocycles. The summed E-state index contributed by atoms with van der Waals surface area (Å²) in [4.78, 5) is 1.81. The fraction of sp³-hybridized carbons (Fsp3) is 0.148. The van der Waals surface area contributed by atoms with Crippen molar-refractivity contribution in [3.63, 3.8) is 0 Å². The molecule has 4 aromatic carbocycles. The van der Waals surface area contributed by atoms with Crippen LogP contribution in [0.3, 0.4) is 0 Å². The third-order valence-corrected chi connectivity index (χ3v) is 6.24. The normalized spacial score (nSPS) is 13.8. The van der Waals surface area contributed by atoms with Gasteiger partial charge >= 0.3 is 6.18 Å². The lowest BCUT2D eigenvalue weighted by Crippen LogP contribution is -2.43. The minimum atomic E-state index is -5.00. The summed E-state index contributed by atoms with van der Waals surface area (Å²) >= 11 is 0. The first-order valence-corrected chi connectivity index (χ1v) is 10.8. The van der Waals surface area contributed by atoms with E-state index < -0.39 is 17.6 Å². The number of aromatic nitrogens is 2. The van der Waals surface area contributed by atoms with Crippen LogP contribution in [0.2, 0.25) is 0 Å². The van der Waals surface area contributed by atoms with Gasteiger partial charge in [0, 0.05) is 36.1 Å². The first-order valence-electron chi connectivity index (χ1n) is 10.8. The first-order chi connectivity index (χ1) is 16.6. The van der Waals surface area contributed by atoms with Crippen LogP contribution in [0.4, 0.5) is 23.2 Å². The van der Waals surface area contributed by atoms with E-state index in [2.05, 4.69) is 5.10 Å². The molecule has 0 aliphatic heterocycles. The van der Waals surface area contributed by atoms with Crippen molar-refractivity contribution >= 4 is 27.4 Å². The minimum absolute atomic E-state index is 0.253. The molecule has 0 amide bonds. The first kappa shape index (κ1) is 22.9. The van der Waals surface area contributed by atoms with Crippen LogP contribution in [-0.2, 0) is 5.60 Å². The van der Waals surface area contributed by atoms with Gasteiger partial charge in [-0.3, -0.25) is 0 Å². The number of alkyl halides is 3. The molecule has 4 nitrogen and oxygen atoms in total. The van der Waals surface area contributed by atoms with Crippen molar-refractivity contribution in [1.29, 1.82) is 0 Å². The fourth-order valence-electron chi connectivity index (χ4n) is 4.51. The van der Waals surface area contributed by atoms with Crippen LogP contribution in [0, 0.1) is 5.82 Å². The molecule has 1 N–H and O–H groups in total. The molecule has 0 bridgehead atoms. The summed E-state index contributed by atoms with van der Waals surface area (Å²) < 4.78 is 58.8. The summed E-state index contributed by atoms with van der Waals surface area (Å²) in [6.07, 6.45) is -3.58. The molecule has 1 aromatic heterocycles. The molecule has 5 aromatic rings. The molecule has 8 heteroatoms. The van der Waals surface area contributed by atoms with Crippen molar-refractivity contribution in [3.8, 4) is 5.69 Å². The highest BCUT2D eigenvalue weighted by Gasteiger charge is 2.57. The Labute approximate surface area is 198 Å². The number of hydrogen-bond donors (Lipinski definition) is 1. The molecule has 178 valence electrons. The zero-order valence-corrected chi connectivity index (χ0v) is 18.9. The van der Waals surface area contributed by atoms with E-state index in [4.69, 9.17) is 0 Å². The lowest BCUT2D eigenvalue weighted by Gasteiger charge is -2.33. The maximum absolute atomic E-state index is 14.7. The van der Waals surface area contributed by atoms with Crippen molar-refractivity contribution in [2.24, 2.45) is 0 Å². The second-order valence-corrected chi connectivity index (χ2v) is 8.59. The van der Waals surface area contributed by atoms with Crippen molar-refractivity contribution in [2.45, 2.75) is 11.8 Å². The lowest BCUT2D eigenvalue weighted by atomic mass is 9.82. The van der Waals surface area contributed by atoms with E-state index >= 15 is 0 Å². The van der Waals surface area contributed by atoms with E-state index in [0.717, 1.165) is 5.69 Å². The molecular formula is C27H21F4N3O. The molecule has 0 radical (unpaired) electrons. The predicted octanol–water partition coefficient (Wildman–Crippen LogP) is 6.18. The standard InChI is InChI=1S/C27H21F4N3O/c1-33(2)25-14-12-23(21-5-3-4-6-22(21)25)26(35,27(29,30)31)18-7-13-24-17(15-18)16-32-34(24)20-10-8-19(28)9-11-20/h3-16,35H,1-2H3. The van der Waals surface area contributed by atoms with Gasteiger partial charge < -0.3 is 10.0 Å². The molecule has 0 saturated heterocycles. The quantitative estimate of drug-likeness (QED) is 0.313. The number of anilines is 1. The maximum atomic E-state index is 14.7. The zero-order chi connectivity index (χ0) is 25.0. The van der Waals surface area contributed by atoms with Crippen molar-refractivity contribution < 1.29 is 22.7 Å². The Morgan fingerprint density at radius 1 is 0.857 bits per heavy atom. The Balaban J connectivity index is 1.72. The lowest BCUT2D eigenvalue weighted by molar-refractivity contribution is -0.247. The van der Waals surface area contributed by atoms with Crippen LogP contribution in [0.5, 0.6) is 0 Å². The Morgan fingerprint density at radius 3 is 2.20 bits per heavy atom. The van der Waals surface area contributed by atoms with Crippen LogP contribution < -0.4 is 4.90 Å². The van der Waals surface area contributed by atoms with Crippen molar-refractivity contribution in [3.05, 3.63) is 102 Å². The largest absolute Gasteiger partial charge is 0.425 e. The second-order valence-electron chi connectivity index (χ2n) is 8.59. The molecule has 35 heavy (non-hydrogen) atoms. The zero-order valence-electron chi connectivity index (χ0n) is 18.9. The molecule has 1 atom stereocenters. The van der Waals surface area contributed by atoms with Gasteiger partial charge in [0.05, 0.1) is 17.4 Å². The van der Waals surface area contributed by atoms with Gasteiger partial charge in [-0.25, -0.2) is 9.07 Å². The molecule has 0 aliphatic carbocycles. The Kier molecular flexibility index (Phi) is 5.29. The van der Waals surface area contributed by atoms with E-state index in [1.807, 2.05) is 19.0 Å². The Bertz CT molecular complexity index is 1540. The van der Waals surface area contributed by atoms with Gasteiger partial charge in [-0.2, -0.15) is 18.3 Å². The molecule has 1 unspecified atom stereocenters. The van der Waals surface area contributed by atoms with Gasteiger partial charge in [0.15, 0.2) is 0 Å². The number of nitrogens with zero attached hydrogens (tertiary/aromatic N) is 3. The third-order valence-electron chi connectivity index (χ3n) is 6.24. The van der Waals surface area contributed by atoms with E-state index in [9.17, 15) is 22.7 Å². The third kappa shape index (κ3) is 3.61. The molecule has 0 fully saturated rings. The molecular weight excluding hydrogens is 458 g/mol. The number of rotatable bonds is 4. The summed E-state index contributed by atoms with van der Waals surface area (Å²) in [5, 5.41) is 17.0. The van der Waals surface area contributed by atoms with Crippen LogP contribution in [0.1, 0.15) is 11.1 Å². The van der Waals surface area contributed by atoms with Crippen LogP contribution in [-0.4, -0.2) is 35.2 Å². The van der Waals surface area contributed by atoms with Crippen LogP contribution in [0.25, 0.3) is 27.4 Å². The smallest absolute Gasteiger partial charge is 0.377 e. The average molecular weight is 479 g/mol. The summed E-state index contributed by atoms with van der Waals surface area (Å²) in [6.45, 7) is 0. The second kappa shape index (κ2) is 8.09. The van der Waals surface area contributed by atoms with E-state index in [0.29, 0.717) is 27.4 Å². The van der Waals surface area contributed by atoms with Crippen LogP contribution >= 0.6 is 0 Å². The van der Waals surface area contributed by atoms with E-state index in [1.54, 1.807) is 30.3 Å². The van der Waals surface area contributed by atoms with Gasteiger partial charge in [0.25, 0.3) is 0 Å². The van der Waals surface area contributed by atoms with Crippen molar-refractivity contribution in [1.82, 2.24) is 9.78 Å². The predicted molar refractivity (Wildman–Crippen MR) is 128 cm³/mol. The minimum Gasteiger partial charge on any atom is -0.377 e. The SMILES string of the molecule is CN(C)c1ccc(C(O)(c2ccc3c(cnn3-c3ccc(F)cc3)c2)C(F)(F)F)c2ccccc12. The number of fused-ring (bicyclic) bond motifs is 2. The molecule has 5 rings (SSSR count). The highest BCUT2D eigenvalue weighted by molar-refractivity contribution is 5.97. The van der Waals surface area contributed by atoms with Gasteiger partial charge in [-0.1, -0.05) is 36.4 Å². The van der Waals surface area contributed by atoms with Gasteiger partial charge in [-0.05, 0) is 53.4 Å². The molecule has 0 saturated carbocycles. The van der Waals surface area contributed by atoms with E-state index in [1.165, 1.54) is 59.4 Å². The van der Waals surface area contributed by atoms with Crippen LogP contribution in [0.15, 0.2) is 85.1 Å². The molecule has 0 aliphatic rings. The monoisotopic (exact) mass is 479 g/mol. The Morgan fingerprint density at radius 2 is 1.54 bits per heavy atom. The number of hydrogen-bond acceptors (Lipinski definition) is 3. The van der Waals surface area contributed by atoms with Gasteiger partial charge in [-0.15, -0.1) is 0 Å². The average Bonchev–Trinajstić information content (AvgIpc) is 3.26.